The second kappa shape index (κ2) is 13.7. The standard InChI is InChI=1S/C21H35BrClNO/c1-2-3-4-5-6-7-8-9-10-11-12-13-14-15-17-19(24)16-18(22)21(25)20(17)23/h16,25H,2-15,24H2,1H3. The zero-order chi connectivity index (χ0) is 18.5. The Hall–Kier alpha value is -0.410. The molecule has 25 heavy (non-hydrogen) atoms. The molecule has 1 rings (SSSR count). The first-order valence-corrected chi connectivity index (χ1v) is 11.2. The van der Waals surface area contributed by atoms with Crippen molar-refractivity contribution in [3.05, 3.63) is 21.1 Å². The number of unbranched alkanes of at least 4 members (excludes halogenated alkanes) is 12. The van der Waals surface area contributed by atoms with Crippen molar-refractivity contribution in [1.29, 1.82) is 0 Å². The van der Waals surface area contributed by atoms with Crippen LogP contribution in [0.5, 0.6) is 5.75 Å². The number of phenols is 1. The zero-order valence-corrected chi connectivity index (χ0v) is 18.1. The number of benzene rings is 1. The topological polar surface area (TPSA) is 46.2 Å². The molecule has 0 saturated heterocycles. The molecule has 0 aliphatic heterocycles. The lowest BCUT2D eigenvalue weighted by Gasteiger charge is -2.11. The summed E-state index contributed by atoms with van der Waals surface area (Å²) >= 11 is 9.45. The van der Waals surface area contributed by atoms with E-state index in [1.807, 2.05) is 0 Å². The summed E-state index contributed by atoms with van der Waals surface area (Å²) < 4.78 is 0.559. The third-order valence-corrected chi connectivity index (χ3v) is 5.87. The highest BCUT2D eigenvalue weighted by atomic mass is 79.9. The molecule has 0 aromatic heterocycles. The van der Waals surface area contributed by atoms with Crippen LogP contribution in [0.4, 0.5) is 5.69 Å². The molecule has 1 aromatic rings. The van der Waals surface area contributed by atoms with E-state index in [1.165, 1.54) is 77.0 Å². The van der Waals surface area contributed by atoms with Crippen LogP contribution in [0.1, 0.15) is 96.0 Å². The van der Waals surface area contributed by atoms with Crippen molar-refractivity contribution >= 4 is 33.2 Å². The fraction of sp³-hybridized carbons (Fsp3) is 0.714. The summed E-state index contributed by atoms with van der Waals surface area (Å²) in [5, 5.41) is 10.3. The minimum Gasteiger partial charge on any atom is -0.505 e. The van der Waals surface area contributed by atoms with Crippen LogP contribution in [-0.2, 0) is 6.42 Å². The minimum absolute atomic E-state index is 0.0977. The molecule has 3 N–H and O–H groups in total. The molecule has 1 aromatic carbocycles. The highest BCUT2D eigenvalue weighted by molar-refractivity contribution is 9.10. The number of anilines is 1. The molecule has 0 spiro atoms. The second-order valence-electron chi connectivity index (χ2n) is 7.08. The molecule has 0 aliphatic carbocycles. The average molecular weight is 433 g/mol. The number of hydrogen-bond donors (Lipinski definition) is 2. The Morgan fingerprint density at radius 1 is 0.880 bits per heavy atom. The number of halogens is 2. The van der Waals surface area contributed by atoms with Gasteiger partial charge >= 0.3 is 0 Å². The summed E-state index contributed by atoms with van der Waals surface area (Å²) in [7, 11) is 0. The normalized spacial score (nSPS) is 11.2. The van der Waals surface area contributed by atoms with Crippen molar-refractivity contribution in [3.63, 3.8) is 0 Å². The number of nitrogen functional groups attached to an aromatic ring is 1. The predicted octanol–water partition coefficient (Wildman–Crippen LogP) is 8.02. The molecule has 0 saturated carbocycles. The number of phenolic OH excluding ortho intramolecular Hbond substituents is 1. The molecule has 0 radical (unpaired) electrons. The van der Waals surface area contributed by atoms with E-state index in [0.717, 1.165) is 18.4 Å². The van der Waals surface area contributed by atoms with Gasteiger partial charge in [0.15, 0.2) is 0 Å². The molecule has 144 valence electrons. The molecule has 2 nitrogen and oxygen atoms in total. The summed E-state index contributed by atoms with van der Waals surface area (Å²) in [4.78, 5) is 0. The number of nitrogens with two attached hydrogens (primary N) is 1. The molecule has 0 fully saturated rings. The molecule has 0 amide bonds. The fourth-order valence-electron chi connectivity index (χ4n) is 3.24. The van der Waals surface area contributed by atoms with Gasteiger partial charge in [0, 0.05) is 5.69 Å². The summed E-state index contributed by atoms with van der Waals surface area (Å²) in [5.41, 5.74) is 7.55. The summed E-state index contributed by atoms with van der Waals surface area (Å²) in [6.07, 6.45) is 18.2. The van der Waals surface area contributed by atoms with E-state index in [1.54, 1.807) is 6.07 Å². The molecule has 4 heteroatoms. The van der Waals surface area contributed by atoms with E-state index in [0.29, 0.717) is 15.2 Å². The Labute approximate surface area is 167 Å². The Bertz CT molecular complexity index is 493. The van der Waals surface area contributed by atoms with E-state index in [2.05, 4.69) is 22.9 Å². The third-order valence-electron chi connectivity index (χ3n) is 4.86. The van der Waals surface area contributed by atoms with Gasteiger partial charge < -0.3 is 10.8 Å². The minimum atomic E-state index is 0.0977. The molecule has 0 aliphatic rings. The van der Waals surface area contributed by atoms with Gasteiger partial charge in [0.05, 0.1) is 9.50 Å². The van der Waals surface area contributed by atoms with Gasteiger partial charge in [-0.1, -0.05) is 95.6 Å². The van der Waals surface area contributed by atoms with E-state index in [-0.39, 0.29) is 5.75 Å². The van der Waals surface area contributed by atoms with Crippen molar-refractivity contribution in [1.82, 2.24) is 0 Å². The summed E-state index contributed by atoms with van der Waals surface area (Å²) in [6, 6.07) is 1.73. The Morgan fingerprint density at radius 3 is 1.80 bits per heavy atom. The van der Waals surface area contributed by atoms with Crippen LogP contribution < -0.4 is 5.73 Å². The van der Waals surface area contributed by atoms with Crippen LogP contribution in [-0.4, -0.2) is 5.11 Å². The van der Waals surface area contributed by atoms with Crippen LogP contribution in [0.3, 0.4) is 0 Å². The van der Waals surface area contributed by atoms with Gasteiger partial charge in [0.1, 0.15) is 5.75 Å². The Balaban J connectivity index is 2.02. The van der Waals surface area contributed by atoms with Gasteiger partial charge in [0.2, 0.25) is 0 Å². The third kappa shape index (κ3) is 9.19. The lowest BCUT2D eigenvalue weighted by atomic mass is 10.0. The average Bonchev–Trinajstić information content (AvgIpc) is 2.59. The van der Waals surface area contributed by atoms with Gasteiger partial charge in [-0.25, -0.2) is 0 Å². The number of hydrogen-bond acceptors (Lipinski definition) is 2. The molecule has 0 unspecified atom stereocenters. The van der Waals surface area contributed by atoms with E-state index < -0.39 is 0 Å². The maximum absolute atomic E-state index is 9.88. The smallest absolute Gasteiger partial charge is 0.148 e. The van der Waals surface area contributed by atoms with Crippen LogP contribution in [0, 0.1) is 0 Å². The SMILES string of the molecule is CCCCCCCCCCCCCCCc1c(N)cc(Br)c(O)c1Cl. The van der Waals surface area contributed by atoms with E-state index >= 15 is 0 Å². The highest BCUT2D eigenvalue weighted by Crippen LogP contribution is 2.38. The quantitative estimate of drug-likeness (QED) is 0.177. The van der Waals surface area contributed by atoms with Gasteiger partial charge in [0.25, 0.3) is 0 Å². The fourth-order valence-corrected chi connectivity index (χ4v) is 4.10. The molecule has 0 bridgehead atoms. The molecule has 0 heterocycles. The van der Waals surface area contributed by atoms with Crippen LogP contribution in [0.15, 0.2) is 10.5 Å². The maximum Gasteiger partial charge on any atom is 0.148 e. The van der Waals surface area contributed by atoms with E-state index in [4.69, 9.17) is 17.3 Å². The first kappa shape index (κ1) is 22.6. The second-order valence-corrected chi connectivity index (χ2v) is 8.31. The van der Waals surface area contributed by atoms with Crippen LogP contribution in [0.25, 0.3) is 0 Å². The van der Waals surface area contributed by atoms with Gasteiger partial charge in [-0.15, -0.1) is 0 Å². The Kier molecular flexibility index (Phi) is 12.4. The van der Waals surface area contributed by atoms with Crippen molar-refractivity contribution < 1.29 is 5.11 Å². The molecule has 0 atom stereocenters. The number of aromatic hydroxyl groups is 1. The first-order valence-electron chi connectivity index (χ1n) is 10.0. The van der Waals surface area contributed by atoms with Gasteiger partial charge in [-0.3, -0.25) is 0 Å². The van der Waals surface area contributed by atoms with Crippen molar-refractivity contribution in [2.45, 2.75) is 96.8 Å². The van der Waals surface area contributed by atoms with E-state index in [9.17, 15) is 5.11 Å². The monoisotopic (exact) mass is 431 g/mol. The van der Waals surface area contributed by atoms with Gasteiger partial charge in [-0.2, -0.15) is 0 Å². The lowest BCUT2D eigenvalue weighted by molar-refractivity contribution is 0.471. The van der Waals surface area contributed by atoms with Crippen LogP contribution in [0.2, 0.25) is 5.02 Å². The van der Waals surface area contributed by atoms with Crippen molar-refractivity contribution in [2.24, 2.45) is 0 Å². The highest BCUT2D eigenvalue weighted by Gasteiger charge is 2.13. The summed E-state index contributed by atoms with van der Waals surface area (Å²) in [6.45, 7) is 2.27. The predicted molar refractivity (Wildman–Crippen MR) is 115 cm³/mol. The summed E-state index contributed by atoms with van der Waals surface area (Å²) in [5.74, 6) is 0.0977. The lowest BCUT2D eigenvalue weighted by Crippen LogP contribution is -1.97. The van der Waals surface area contributed by atoms with Crippen molar-refractivity contribution in [3.8, 4) is 5.75 Å². The zero-order valence-electron chi connectivity index (χ0n) is 15.8. The first-order chi connectivity index (χ1) is 12.1. The molecular weight excluding hydrogens is 398 g/mol. The van der Waals surface area contributed by atoms with Gasteiger partial charge in [-0.05, 0) is 40.4 Å². The van der Waals surface area contributed by atoms with Crippen LogP contribution >= 0.6 is 27.5 Å². The molecular formula is C21H35BrClNO. The van der Waals surface area contributed by atoms with Crippen molar-refractivity contribution in [2.75, 3.05) is 5.73 Å². The number of rotatable bonds is 14. The maximum atomic E-state index is 9.88. The largest absolute Gasteiger partial charge is 0.505 e. The Morgan fingerprint density at radius 2 is 1.32 bits per heavy atom.